The lowest BCUT2D eigenvalue weighted by Crippen LogP contribution is -2.57. The minimum Gasteiger partial charge on any atom is -0.331 e. The number of hydrogen-bond acceptors (Lipinski definition) is 5. The van der Waals surface area contributed by atoms with Gasteiger partial charge in [0.05, 0.1) is 12.2 Å². The molecule has 140 valence electrons. The number of nitro groups is 1. The fourth-order valence-electron chi connectivity index (χ4n) is 3.33. The third-order valence-electron chi connectivity index (χ3n) is 4.98. The zero-order valence-corrected chi connectivity index (χ0v) is 15.3. The number of carbonyl (C=O) groups excluding carboxylic acids is 1. The lowest BCUT2D eigenvalue weighted by atomic mass is 10.0. The molecule has 27 heavy (non-hydrogen) atoms. The van der Waals surface area contributed by atoms with E-state index >= 15 is 0 Å². The van der Waals surface area contributed by atoms with E-state index in [-0.39, 0.29) is 19.8 Å². The van der Waals surface area contributed by atoms with E-state index in [0.29, 0.717) is 16.3 Å². The van der Waals surface area contributed by atoms with E-state index < -0.39 is 22.2 Å². The number of rotatable bonds is 3. The van der Waals surface area contributed by atoms with Gasteiger partial charge in [-0.2, -0.15) is 0 Å². The Balaban J connectivity index is 1.71. The second-order valence-electron chi connectivity index (χ2n) is 6.95. The van der Waals surface area contributed by atoms with Gasteiger partial charge in [0.15, 0.2) is 0 Å². The van der Waals surface area contributed by atoms with Crippen molar-refractivity contribution in [1.29, 1.82) is 0 Å². The monoisotopic (exact) mass is 388 g/mol. The highest BCUT2D eigenvalue weighted by Gasteiger charge is 2.60. The summed E-state index contributed by atoms with van der Waals surface area (Å²) >= 11 is 6.25. The summed E-state index contributed by atoms with van der Waals surface area (Å²) in [5.41, 5.74) is 0.585. The average Bonchev–Trinajstić information content (AvgIpc) is 2.89. The highest BCUT2D eigenvalue weighted by Crippen LogP contribution is 2.47. The van der Waals surface area contributed by atoms with Crippen molar-refractivity contribution in [3.63, 3.8) is 0 Å². The molecule has 0 unspecified atom stereocenters. The molecule has 2 aliphatic rings. The Labute approximate surface area is 160 Å². The second-order valence-corrected chi connectivity index (χ2v) is 7.36. The summed E-state index contributed by atoms with van der Waals surface area (Å²) in [7, 11) is 0. The number of carbonyl (C=O) groups is 1. The SMILES string of the molecule is CC1([N+](=O)[O-])COC2(OC1)C(=O)N(Cc1ccccc1Cl)c1ccccc12. The number of anilines is 1. The quantitative estimate of drug-likeness (QED) is 0.596. The Kier molecular flexibility index (Phi) is 4.18. The molecule has 0 saturated carbocycles. The molecule has 0 aromatic heterocycles. The maximum absolute atomic E-state index is 13.3. The minimum atomic E-state index is -1.66. The van der Waals surface area contributed by atoms with Crippen molar-refractivity contribution in [2.75, 3.05) is 18.1 Å². The lowest BCUT2D eigenvalue weighted by molar-refractivity contribution is -0.590. The summed E-state index contributed by atoms with van der Waals surface area (Å²) in [6.45, 7) is 1.24. The van der Waals surface area contributed by atoms with Gasteiger partial charge in [-0.05, 0) is 17.7 Å². The van der Waals surface area contributed by atoms with Crippen LogP contribution in [-0.4, -0.2) is 29.6 Å². The van der Waals surface area contributed by atoms with Crippen LogP contribution >= 0.6 is 11.6 Å². The number of halogens is 1. The van der Waals surface area contributed by atoms with E-state index in [4.69, 9.17) is 21.1 Å². The highest BCUT2D eigenvalue weighted by molar-refractivity contribution is 6.31. The molecular formula is C19H17ClN2O5. The Morgan fingerprint density at radius 3 is 2.44 bits per heavy atom. The van der Waals surface area contributed by atoms with E-state index in [2.05, 4.69) is 0 Å². The maximum Gasteiger partial charge on any atom is 0.292 e. The second kappa shape index (κ2) is 6.30. The fraction of sp³-hybridized carbons (Fsp3) is 0.316. The molecule has 1 amide bonds. The van der Waals surface area contributed by atoms with Gasteiger partial charge in [-0.3, -0.25) is 14.9 Å². The van der Waals surface area contributed by atoms with Crippen LogP contribution in [-0.2, 0) is 26.6 Å². The van der Waals surface area contributed by atoms with Gasteiger partial charge in [0.25, 0.3) is 17.2 Å². The first-order chi connectivity index (χ1) is 12.9. The van der Waals surface area contributed by atoms with Crippen molar-refractivity contribution in [1.82, 2.24) is 0 Å². The molecular weight excluding hydrogens is 372 g/mol. The molecule has 0 bridgehead atoms. The van der Waals surface area contributed by atoms with Crippen molar-refractivity contribution >= 4 is 23.2 Å². The summed E-state index contributed by atoms with van der Waals surface area (Å²) in [5, 5.41) is 11.8. The molecule has 1 fully saturated rings. The first-order valence-corrected chi connectivity index (χ1v) is 8.82. The van der Waals surface area contributed by atoms with E-state index in [0.717, 1.165) is 5.56 Å². The van der Waals surface area contributed by atoms with Crippen molar-refractivity contribution in [3.8, 4) is 0 Å². The van der Waals surface area contributed by atoms with Crippen molar-refractivity contribution in [3.05, 3.63) is 74.8 Å². The Morgan fingerprint density at radius 2 is 1.78 bits per heavy atom. The number of amides is 1. The molecule has 0 atom stereocenters. The van der Waals surface area contributed by atoms with Crippen LogP contribution in [0, 0.1) is 10.1 Å². The third kappa shape index (κ3) is 2.70. The largest absolute Gasteiger partial charge is 0.331 e. The Morgan fingerprint density at radius 1 is 1.15 bits per heavy atom. The van der Waals surface area contributed by atoms with Gasteiger partial charge in [-0.25, -0.2) is 0 Å². The van der Waals surface area contributed by atoms with Gasteiger partial charge in [-0.1, -0.05) is 48.0 Å². The summed E-state index contributed by atoms with van der Waals surface area (Å²) in [4.78, 5) is 25.7. The van der Waals surface area contributed by atoms with Gasteiger partial charge >= 0.3 is 0 Å². The topological polar surface area (TPSA) is 81.9 Å². The van der Waals surface area contributed by atoms with Crippen LogP contribution in [0.2, 0.25) is 5.02 Å². The van der Waals surface area contributed by atoms with Crippen LogP contribution in [0.15, 0.2) is 48.5 Å². The molecule has 2 aromatic rings. The molecule has 2 aliphatic heterocycles. The van der Waals surface area contributed by atoms with Gasteiger partial charge in [0.1, 0.15) is 13.2 Å². The predicted octanol–water partition coefficient (Wildman–Crippen LogP) is 3.12. The smallest absolute Gasteiger partial charge is 0.292 e. The van der Waals surface area contributed by atoms with E-state index in [1.54, 1.807) is 29.2 Å². The number of fused-ring (bicyclic) bond motifs is 2. The zero-order valence-electron chi connectivity index (χ0n) is 14.6. The van der Waals surface area contributed by atoms with Crippen LogP contribution in [0.4, 0.5) is 5.69 Å². The molecule has 1 spiro atoms. The molecule has 7 nitrogen and oxygen atoms in total. The number of para-hydroxylation sites is 1. The van der Waals surface area contributed by atoms with Crippen LogP contribution < -0.4 is 4.90 Å². The number of hydrogen-bond donors (Lipinski definition) is 0. The Hall–Kier alpha value is -2.48. The molecule has 8 heteroatoms. The van der Waals surface area contributed by atoms with Gasteiger partial charge in [0, 0.05) is 22.4 Å². The fourth-order valence-corrected chi connectivity index (χ4v) is 3.52. The third-order valence-corrected chi connectivity index (χ3v) is 5.34. The highest BCUT2D eigenvalue weighted by atomic mass is 35.5. The molecule has 4 rings (SSSR count). The maximum atomic E-state index is 13.3. The lowest BCUT2D eigenvalue weighted by Gasteiger charge is -2.37. The normalized spacial score (nSPS) is 27.0. The van der Waals surface area contributed by atoms with Gasteiger partial charge in [0.2, 0.25) is 0 Å². The van der Waals surface area contributed by atoms with Crippen molar-refractivity contribution < 1.29 is 19.2 Å². The molecule has 2 heterocycles. The summed E-state index contributed by atoms with van der Waals surface area (Å²) in [6, 6.07) is 14.4. The molecule has 2 aromatic carbocycles. The van der Waals surface area contributed by atoms with Crippen LogP contribution in [0.25, 0.3) is 0 Å². The van der Waals surface area contributed by atoms with Crippen LogP contribution in [0.1, 0.15) is 18.1 Å². The number of ether oxygens (including phenoxy) is 2. The van der Waals surface area contributed by atoms with Crippen molar-refractivity contribution in [2.45, 2.75) is 24.8 Å². The van der Waals surface area contributed by atoms with Crippen LogP contribution in [0.5, 0.6) is 0 Å². The van der Waals surface area contributed by atoms with E-state index in [1.165, 1.54) is 6.92 Å². The summed E-state index contributed by atoms with van der Waals surface area (Å²) < 4.78 is 11.5. The standard InChI is InChI=1S/C19H17ClN2O5/c1-18(22(24)25)11-26-19(27-12-18)14-7-3-5-9-16(14)21(17(19)23)10-13-6-2-4-8-15(13)20/h2-9H,10-12H2,1H3. The first kappa shape index (κ1) is 17.9. The van der Waals surface area contributed by atoms with E-state index in [1.807, 2.05) is 24.3 Å². The minimum absolute atomic E-state index is 0.222. The molecule has 0 N–H and O–H groups in total. The summed E-state index contributed by atoms with van der Waals surface area (Å²) in [6.07, 6.45) is 0. The number of nitrogens with zero attached hydrogens (tertiary/aromatic N) is 2. The molecule has 1 saturated heterocycles. The molecule has 0 radical (unpaired) electrons. The predicted molar refractivity (Wildman–Crippen MR) is 98.1 cm³/mol. The van der Waals surface area contributed by atoms with Crippen LogP contribution in [0.3, 0.4) is 0 Å². The number of benzene rings is 2. The first-order valence-electron chi connectivity index (χ1n) is 8.45. The Bertz CT molecular complexity index is 924. The van der Waals surface area contributed by atoms with Gasteiger partial charge < -0.3 is 14.4 Å². The zero-order chi connectivity index (χ0) is 19.2. The van der Waals surface area contributed by atoms with E-state index in [9.17, 15) is 14.9 Å². The van der Waals surface area contributed by atoms with Gasteiger partial charge in [-0.15, -0.1) is 0 Å². The molecule has 0 aliphatic carbocycles. The summed E-state index contributed by atoms with van der Waals surface area (Å²) in [5.74, 6) is -2.07. The van der Waals surface area contributed by atoms with Crippen molar-refractivity contribution in [2.24, 2.45) is 0 Å². The average molecular weight is 389 g/mol.